The van der Waals surface area contributed by atoms with Crippen LogP contribution in [0.15, 0.2) is 45.1 Å². The number of nitrogen functional groups attached to an aromatic ring is 2. The first-order valence-corrected chi connectivity index (χ1v) is 12.6. The molecular weight excluding hydrogens is 576 g/mol. The van der Waals surface area contributed by atoms with Crippen molar-refractivity contribution in [1.82, 2.24) is 49.1 Å². The number of carbonyl (C=O) groups excluding carboxylic acids is 2. The van der Waals surface area contributed by atoms with Gasteiger partial charge in [0.05, 0.1) is 38.0 Å². The first kappa shape index (κ1) is 29.2. The number of hydrogen-bond acceptors (Lipinski definition) is 16. The number of anilines is 2. The first-order chi connectivity index (χ1) is 21.0. The summed E-state index contributed by atoms with van der Waals surface area (Å²) >= 11 is 0. The second kappa shape index (κ2) is 11.5. The molecule has 0 fully saturated rings. The van der Waals surface area contributed by atoms with Crippen LogP contribution in [-0.4, -0.2) is 75.2 Å². The molecule has 0 bridgehead atoms. The maximum atomic E-state index is 12.1. The third-order valence-electron chi connectivity index (χ3n) is 6.28. The van der Waals surface area contributed by atoms with E-state index in [0.29, 0.717) is 11.4 Å². The number of rotatable bonds is 8. The van der Waals surface area contributed by atoms with Crippen LogP contribution in [0, 0.1) is 13.8 Å². The molecule has 0 saturated carbocycles. The zero-order valence-electron chi connectivity index (χ0n) is 24.4. The Hall–Kier alpha value is -6.34. The second-order valence-corrected chi connectivity index (χ2v) is 9.07. The van der Waals surface area contributed by atoms with Crippen molar-refractivity contribution in [3.63, 3.8) is 0 Å². The molecule has 5 heterocycles. The molecule has 5 aromatic rings. The van der Waals surface area contributed by atoms with Crippen molar-refractivity contribution in [2.45, 2.75) is 13.8 Å². The number of esters is 2. The van der Waals surface area contributed by atoms with Crippen LogP contribution in [0.3, 0.4) is 0 Å². The zero-order chi connectivity index (χ0) is 31.7. The highest BCUT2D eigenvalue weighted by atomic mass is 16.5. The summed E-state index contributed by atoms with van der Waals surface area (Å²) in [5.74, 6) is -0.301. The van der Waals surface area contributed by atoms with Crippen LogP contribution < -0.4 is 11.5 Å². The van der Waals surface area contributed by atoms with Crippen LogP contribution in [0.4, 0.5) is 34.6 Å². The molecule has 0 spiro atoms. The highest BCUT2D eigenvalue weighted by Crippen LogP contribution is 2.33. The van der Waals surface area contributed by atoms with Crippen LogP contribution in [-0.2, 0) is 23.6 Å². The molecule has 0 amide bonds. The Morgan fingerprint density at radius 3 is 1.75 bits per heavy atom. The van der Waals surface area contributed by atoms with Crippen LogP contribution in [0.2, 0.25) is 0 Å². The van der Waals surface area contributed by atoms with Crippen molar-refractivity contribution in [2.24, 2.45) is 34.6 Å². The highest BCUT2D eigenvalue weighted by molar-refractivity contribution is 5.94. The third kappa shape index (κ3) is 5.10. The predicted molar refractivity (Wildman–Crippen MR) is 152 cm³/mol. The van der Waals surface area contributed by atoms with Crippen LogP contribution in [0.5, 0.6) is 0 Å². The van der Waals surface area contributed by atoms with Gasteiger partial charge in [0.15, 0.2) is 40.5 Å². The summed E-state index contributed by atoms with van der Waals surface area (Å²) in [5, 5.41) is 33.7. The highest BCUT2D eigenvalue weighted by Gasteiger charge is 2.21. The summed E-state index contributed by atoms with van der Waals surface area (Å²) in [6, 6.07) is 1.58. The number of nitrogens with two attached hydrogens (primary N) is 2. The van der Waals surface area contributed by atoms with Gasteiger partial charge >= 0.3 is 11.9 Å². The number of ether oxygens (including phenoxy) is 2. The van der Waals surface area contributed by atoms with Crippen LogP contribution >= 0.6 is 0 Å². The fraction of sp³-hybridized carbons (Fsp3) is 0.250. The first-order valence-electron chi connectivity index (χ1n) is 12.6. The van der Waals surface area contributed by atoms with E-state index in [4.69, 9.17) is 20.9 Å². The van der Waals surface area contributed by atoms with Crippen LogP contribution in [0.1, 0.15) is 32.1 Å². The van der Waals surface area contributed by atoms with Gasteiger partial charge in [-0.3, -0.25) is 0 Å². The number of azo groups is 2. The monoisotopic (exact) mass is 602 g/mol. The number of methoxy groups -OCH3 is 2. The smallest absolute Gasteiger partial charge is 0.343 e. The lowest BCUT2D eigenvalue weighted by Crippen LogP contribution is -2.10. The molecule has 0 atom stereocenters. The summed E-state index contributed by atoms with van der Waals surface area (Å²) in [6.45, 7) is 3.36. The van der Waals surface area contributed by atoms with E-state index in [-0.39, 0.29) is 57.5 Å². The number of nitrogens with zero attached hydrogens (tertiary/aromatic N) is 14. The Kier molecular flexibility index (Phi) is 7.62. The molecule has 0 unspecified atom stereocenters. The molecule has 0 aliphatic carbocycles. The molecule has 226 valence electrons. The van der Waals surface area contributed by atoms with Gasteiger partial charge in [0.1, 0.15) is 11.1 Å². The Morgan fingerprint density at radius 2 is 1.25 bits per heavy atom. The quantitative estimate of drug-likeness (QED) is 0.192. The zero-order valence-corrected chi connectivity index (χ0v) is 24.4. The fourth-order valence-electron chi connectivity index (χ4n) is 4.01. The normalized spacial score (nSPS) is 11.6. The van der Waals surface area contributed by atoms with Gasteiger partial charge in [0.25, 0.3) is 5.95 Å². The van der Waals surface area contributed by atoms with E-state index in [1.165, 1.54) is 51.5 Å². The van der Waals surface area contributed by atoms with Gasteiger partial charge in [0, 0.05) is 26.4 Å². The van der Waals surface area contributed by atoms with E-state index in [9.17, 15) is 9.59 Å². The Labute approximate surface area is 248 Å². The van der Waals surface area contributed by atoms with Crippen molar-refractivity contribution in [3.8, 4) is 11.8 Å². The van der Waals surface area contributed by atoms with Gasteiger partial charge in [-0.1, -0.05) is 0 Å². The molecular formula is C24H26N16O4. The Bertz CT molecular complexity index is 1820. The predicted octanol–water partition coefficient (Wildman–Crippen LogP) is 2.50. The summed E-state index contributed by atoms with van der Waals surface area (Å²) in [6.07, 6.45) is 4.13. The molecule has 44 heavy (non-hydrogen) atoms. The average Bonchev–Trinajstić information content (AvgIpc) is 3.74. The van der Waals surface area contributed by atoms with E-state index in [1.54, 1.807) is 34.0 Å². The Morgan fingerprint density at radius 1 is 0.773 bits per heavy atom. The van der Waals surface area contributed by atoms with E-state index in [1.807, 2.05) is 0 Å². The van der Waals surface area contributed by atoms with E-state index >= 15 is 0 Å². The van der Waals surface area contributed by atoms with Crippen molar-refractivity contribution in [2.75, 3.05) is 25.7 Å². The van der Waals surface area contributed by atoms with Crippen molar-refractivity contribution < 1.29 is 19.1 Å². The minimum atomic E-state index is -0.613. The molecule has 20 heteroatoms. The molecule has 5 rings (SSSR count). The van der Waals surface area contributed by atoms with Gasteiger partial charge in [0.2, 0.25) is 0 Å². The summed E-state index contributed by atoms with van der Waals surface area (Å²) in [5.41, 5.74) is 14.4. The number of aryl methyl sites for hydroxylation is 4. The minimum absolute atomic E-state index is 0.0851. The van der Waals surface area contributed by atoms with Gasteiger partial charge in [-0.2, -0.15) is 34.7 Å². The Balaban J connectivity index is 1.47. The average molecular weight is 603 g/mol. The molecule has 0 radical (unpaired) electrons. The topological polar surface area (TPSA) is 251 Å². The van der Waals surface area contributed by atoms with Crippen LogP contribution in [0.25, 0.3) is 11.8 Å². The molecule has 0 aliphatic rings. The van der Waals surface area contributed by atoms with Crippen molar-refractivity contribution >= 4 is 46.6 Å². The van der Waals surface area contributed by atoms with E-state index in [2.05, 4.69) is 50.8 Å². The summed E-state index contributed by atoms with van der Waals surface area (Å²) in [4.78, 5) is 32.9. The van der Waals surface area contributed by atoms with Gasteiger partial charge in [-0.15, -0.1) is 20.5 Å². The number of carbonyl (C=O) groups is 2. The second-order valence-electron chi connectivity index (χ2n) is 9.07. The van der Waals surface area contributed by atoms with E-state index < -0.39 is 11.9 Å². The SMILES string of the molecule is COC(=O)c1cnn(C)c1/N=N/c1c(C)nn(-c2ccnc(-n3nc(C)c(/N=N/c4c(C(=O)OC)cnn4C)c3N)n2)c1N. The molecule has 0 saturated heterocycles. The summed E-state index contributed by atoms with van der Waals surface area (Å²) < 4.78 is 14.9. The summed E-state index contributed by atoms with van der Waals surface area (Å²) in [7, 11) is 5.72. The van der Waals surface area contributed by atoms with E-state index in [0.717, 1.165) is 0 Å². The standard InChI is InChI=1S/C24H26N16O4/c1-11-16(31-33-20-13(22(41)43-5)9-28-37(20)3)18(25)39(35-11)15-7-8-27-24(30-15)40-19(26)17(12(2)36-40)32-34-21-14(23(42)44-6)10-29-38(21)4/h7-10H,25-26H2,1-6H3/b33-31+,34-32+. The lowest BCUT2D eigenvalue weighted by molar-refractivity contribution is 0.0592. The number of hydrogen-bond donors (Lipinski definition) is 2. The lowest BCUT2D eigenvalue weighted by atomic mass is 10.3. The molecule has 0 aliphatic heterocycles. The molecule has 0 aromatic carbocycles. The number of aromatic nitrogens is 10. The third-order valence-corrected chi connectivity index (χ3v) is 6.28. The van der Waals surface area contributed by atoms with Crippen molar-refractivity contribution in [1.29, 1.82) is 0 Å². The maximum Gasteiger partial charge on any atom is 0.343 e. The van der Waals surface area contributed by atoms with Gasteiger partial charge in [-0.05, 0) is 13.8 Å². The van der Waals surface area contributed by atoms with Gasteiger partial charge < -0.3 is 20.9 Å². The largest absolute Gasteiger partial charge is 0.465 e. The molecule has 20 nitrogen and oxygen atoms in total. The fourth-order valence-corrected chi connectivity index (χ4v) is 4.01. The maximum absolute atomic E-state index is 12.1. The molecule has 4 N–H and O–H groups in total. The lowest BCUT2D eigenvalue weighted by Gasteiger charge is -2.06. The molecule has 5 aromatic heterocycles. The van der Waals surface area contributed by atoms with Gasteiger partial charge in [-0.25, -0.2) is 23.9 Å². The van der Waals surface area contributed by atoms with Crippen molar-refractivity contribution in [3.05, 3.63) is 47.2 Å². The minimum Gasteiger partial charge on any atom is -0.465 e.